The Morgan fingerprint density at radius 2 is 1.88 bits per heavy atom. The second kappa shape index (κ2) is 10.4. The molecule has 0 bridgehead atoms. The number of aryl methyl sites for hydroxylation is 1. The molecular formula is C25H28N2O6. The van der Waals surface area contributed by atoms with Crippen molar-refractivity contribution in [3.63, 3.8) is 0 Å². The lowest BCUT2D eigenvalue weighted by atomic mass is 9.94. The molecule has 0 saturated carbocycles. The van der Waals surface area contributed by atoms with E-state index in [1.54, 1.807) is 0 Å². The molecule has 8 heteroatoms. The summed E-state index contributed by atoms with van der Waals surface area (Å²) in [6.07, 6.45) is 1.40. The molecule has 1 N–H and O–H groups in total. The van der Waals surface area contributed by atoms with Crippen LogP contribution < -0.4 is 0 Å². The van der Waals surface area contributed by atoms with Crippen molar-refractivity contribution in [2.24, 2.45) is 0 Å². The first-order valence-electron chi connectivity index (χ1n) is 11.0. The molecule has 0 aliphatic carbocycles. The number of nitrogens with zero attached hydrogens (tertiary/aromatic N) is 2. The molecule has 0 spiro atoms. The van der Waals surface area contributed by atoms with Gasteiger partial charge in [-0.3, -0.25) is 19.7 Å². The fourth-order valence-corrected chi connectivity index (χ4v) is 3.87. The van der Waals surface area contributed by atoms with Crippen LogP contribution in [0.1, 0.15) is 49.9 Å². The maximum absolute atomic E-state index is 13.0. The number of Topliss-reactive ketones (excluding diaryl/α,β-unsaturated/α-hetero) is 1. The Kier molecular flexibility index (Phi) is 7.60. The van der Waals surface area contributed by atoms with Crippen molar-refractivity contribution in [2.45, 2.75) is 45.8 Å². The van der Waals surface area contributed by atoms with Gasteiger partial charge < -0.3 is 14.7 Å². The summed E-state index contributed by atoms with van der Waals surface area (Å²) in [6, 6.07) is 12.1. The molecule has 2 aromatic rings. The number of nitro groups is 1. The Balaban J connectivity index is 2.06. The summed E-state index contributed by atoms with van der Waals surface area (Å²) in [5.74, 6) is -1.95. The third kappa shape index (κ3) is 5.28. The van der Waals surface area contributed by atoms with E-state index in [-0.39, 0.29) is 29.5 Å². The highest BCUT2D eigenvalue weighted by molar-refractivity contribution is 6.46. The lowest BCUT2D eigenvalue weighted by Crippen LogP contribution is -2.31. The van der Waals surface area contributed by atoms with Gasteiger partial charge in [-0.25, -0.2) is 0 Å². The normalized spacial score (nSPS) is 17.7. The van der Waals surface area contributed by atoms with E-state index in [0.29, 0.717) is 18.6 Å². The Morgan fingerprint density at radius 3 is 2.48 bits per heavy atom. The fraction of sp³-hybridized carbons (Fsp3) is 0.360. The quantitative estimate of drug-likeness (QED) is 0.151. The fourth-order valence-electron chi connectivity index (χ4n) is 3.87. The van der Waals surface area contributed by atoms with Gasteiger partial charge in [-0.1, -0.05) is 43.3 Å². The van der Waals surface area contributed by atoms with Gasteiger partial charge in [-0.15, -0.1) is 0 Å². The third-order valence-corrected chi connectivity index (χ3v) is 5.57. The molecule has 3 rings (SSSR count). The average Bonchev–Trinajstić information content (AvgIpc) is 3.06. The van der Waals surface area contributed by atoms with Crippen LogP contribution in [0.3, 0.4) is 0 Å². The molecule has 1 fully saturated rings. The highest BCUT2D eigenvalue weighted by Crippen LogP contribution is 2.39. The van der Waals surface area contributed by atoms with Crippen molar-refractivity contribution in [1.29, 1.82) is 0 Å². The number of benzene rings is 2. The van der Waals surface area contributed by atoms with Crippen molar-refractivity contribution >= 4 is 23.1 Å². The van der Waals surface area contributed by atoms with Crippen LogP contribution in [-0.4, -0.2) is 45.9 Å². The van der Waals surface area contributed by atoms with E-state index in [9.17, 15) is 24.8 Å². The number of aliphatic hydroxyl groups is 1. The van der Waals surface area contributed by atoms with E-state index in [4.69, 9.17) is 4.74 Å². The van der Waals surface area contributed by atoms with Crippen molar-refractivity contribution in [3.8, 4) is 0 Å². The molecule has 0 unspecified atom stereocenters. The summed E-state index contributed by atoms with van der Waals surface area (Å²) in [7, 11) is 0. The summed E-state index contributed by atoms with van der Waals surface area (Å²) in [5, 5.41) is 22.2. The summed E-state index contributed by atoms with van der Waals surface area (Å²) in [6.45, 7) is 6.55. The zero-order valence-corrected chi connectivity index (χ0v) is 19.0. The number of aliphatic hydroxyl groups excluding tert-OH is 1. The van der Waals surface area contributed by atoms with E-state index in [0.717, 1.165) is 12.0 Å². The summed E-state index contributed by atoms with van der Waals surface area (Å²) < 4.78 is 5.57. The highest BCUT2D eigenvalue weighted by Gasteiger charge is 2.45. The van der Waals surface area contributed by atoms with Gasteiger partial charge in [-0.05, 0) is 37.8 Å². The molecule has 2 aromatic carbocycles. The number of non-ortho nitro benzene ring substituents is 1. The predicted molar refractivity (Wildman–Crippen MR) is 124 cm³/mol. The SMILES string of the molecule is CCc1ccc([C@H]2C(=C(O)c3cccc([N+](=O)[O-])c3)C(=O)C(=O)N2CCCOC(C)C)cc1. The Bertz CT molecular complexity index is 1070. The highest BCUT2D eigenvalue weighted by atomic mass is 16.6. The molecule has 8 nitrogen and oxygen atoms in total. The number of rotatable bonds is 9. The summed E-state index contributed by atoms with van der Waals surface area (Å²) >= 11 is 0. The molecule has 174 valence electrons. The van der Waals surface area contributed by atoms with Gasteiger partial charge in [0, 0.05) is 30.8 Å². The van der Waals surface area contributed by atoms with Crippen molar-refractivity contribution < 1.29 is 24.4 Å². The van der Waals surface area contributed by atoms with Crippen molar-refractivity contribution in [2.75, 3.05) is 13.2 Å². The second-order valence-corrected chi connectivity index (χ2v) is 8.17. The molecular weight excluding hydrogens is 424 g/mol. The third-order valence-electron chi connectivity index (χ3n) is 5.57. The van der Waals surface area contributed by atoms with Crippen LogP contribution in [0.5, 0.6) is 0 Å². The number of ether oxygens (including phenoxy) is 1. The van der Waals surface area contributed by atoms with Gasteiger partial charge in [0.15, 0.2) is 0 Å². The summed E-state index contributed by atoms with van der Waals surface area (Å²) in [4.78, 5) is 38.0. The van der Waals surface area contributed by atoms with Gasteiger partial charge in [-0.2, -0.15) is 0 Å². The van der Waals surface area contributed by atoms with Crippen LogP contribution in [0.2, 0.25) is 0 Å². The van der Waals surface area contributed by atoms with Crippen LogP contribution in [0.4, 0.5) is 5.69 Å². The largest absolute Gasteiger partial charge is 0.507 e. The first-order chi connectivity index (χ1) is 15.7. The van der Waals surface area contributed by atoms with Crippen molar-refractivity contribution in [1.82, 2.24) is 4.90 Å². The standard InChI is InChI=1S/C25H28N2O6/c1-4-17-9-11-18(12-10-17)22-21(23(28)19-7-5-8-20(15-19)27(31)32)24(29)25(30)26(22)13-6-14-33-16(2)3/h5,7-12,15-16,22,28H,4,6,13-14H2,1-3H3/t22-/m0/s1. The first kappa shape index (κ1) is 24.1. The number of hydrogen-bond acceptors (Lipinski definition) is 6. The maximum Gasteiger partial charge on any atom is 0.295 e. The van der Waals surface area contributed by atoms with E-state index in [2.05, 4.69) is 0 Å². The molecule has 0 aromatic heterocycles. The van der Waals surface area contributed by atoms with Crippen LogP contribution in [0.25, 0.3) is 5.76 Å². The van der Waals surface area contributed by atoms with Crippen LogP contribution >= 0.6 is 0 Å². The number of nitro benzene ring substituents is 1. The van der Waals surface area contributed by atoms with Crippen molar-refractivity contribution in [3.05, 3.63) is 80.9 Å². The number of hydrogen-bond donors (Lipinski definition) is 1. The number of carbonyl (C=O) groups is 2. The van der Waals surface area contributed by atoms with Gasteiger partial charge in [0.2, 0.25) is 0 Å². The number of ketones is 1. The Hall–Kier alpha value is -3.52. The predicted octanol–water partition coefficient (Wildman–Crippen LogP) is 4.39. The van der Waals surface area contributed by atoms with E-state index < -0.39 is 28.4 Å². The minimum atomic E-state index is -0.812. The lowest BCUT2D eigenvalue weighted by molar-refractivity contribution is -0.384. The Morgan fingerprint density at radius 1 is 1.18 bits per heavy atom. The van der Waals surface area contributed by atoms with Gasteiger partial charge in [0.05, 0.1) is 22.6 Å². The topological polar surface area (TPSA) is 110 Å². The smallest absolute Gasteiger partial charge is 0.295 e. The molecule has 1 saturated heterocycles. The number of carbonyl (C=O) groups excluding carboxylic acids is 2. The average molecular weight is 453 g/mol. The van der Waals surface area contributed by atoms with Crippen LogP contribution in [-0.2, 0) is 20.7 Å². The molecule has 1 amide bonds. The maximum atomic E-state index is 13.0. The minimum absolute atomic E-state index is 0.0478. The number of amides is 1. The zero-order chi connectivity index (χ0) is 24.1. The summed E-state index contributed by atoms with van der Waals surface area (Å²) in [5.41, 5.74) is 1.60. The molecule has 1 atom stereocenters. The second-order valence-electron chi connectivity index (χ2n) is 8.17. The van der Waals surface area contributed by atoms with Gasteiger partial charge >= 0.3 is 0 Å². The molecule has 33 heavy (non-hydrogen) atoms. The molecule has 1 aliphatic rings. The van der Waals surface area contributed by atoms with E-state index in [1.807, 2.05) is 45.0 Å². The number of likely N-dealkylation sites (tertiary alicyclic amines) is 1. The van der Waals surface area contributed by atoms with E-state index >= 15 is 0 Å². The van der Waals surface area contributed by atoms with Crippen LogP contribution in [0, 0.1) is 10.1 Å². The zero-order valence-electron chi connectivity index (χ0n) is 19.0. The first-order valence-corrected chi connectivity index (χ1v) is 11.0. The van der Waals surface area contributed by atoms with Crippen LogP contribution in [0.15, 0.2) is 54.1 Å². The molecule has 0 radical (unpaired) electrons. The monoisotopic (exact) mass is 452 g/mol. The Labute approximate surface area is 192 Å². The molecule has 1 heterocycles. The molecule has 1 aliphatic heterocycles. The van der Waals surface area contributed by atoms with E-state index in [1.165, 1.54) is 29.2 Å². The van der Waals surface area contributed by atoms with Gasteiger partial charge in [0.25, 0.3) is 17.4 Å². The van der Waals surface area contributed by atoms with Gasteiger partial charge in [0.1, 0.15) is 5.76 Å². The minimum Gasteiger partial charge on any atom is -0.507 e. The lowest BCUT2D eigenvalue weighted by Gasteiger charge is -2.25.